The van der Waals surface area contributed by atoms with Gasteiger partial charge in [0.2, 0.25) is 5.78 Å². The number of nitrogens with zero attached hydrogens (tertiary/aromatic N) is 2. The molecular weight excluding hydrogens is 399 g/mol. The number of carbonyl (C=O) groups excluding carboxylic acids is 2. The number of aryl methyl sites for hydroxylation is 1. The number of fused-ring (bicyclic) bond motifs is 1. The van der Waals surface area contributed by atoms with Crippen molar-refractivity contribution < 1.29 is 18.7 Å². The number of hydrogen-bond acceptors (Lipinski definition) is 5. The van der Waals surface area contributed by atoms with Crippen LogP contribution in [0, 0.1) is 5.82 Å². The summed E-state index contributed by atoms with van der Waals surface area (Å²) in [6.07, 6.45) is 2.76. The Kier molecular flexibility index (Phi) is 7.28. The van der Waals surface area contributed by atoms with Gasteiger partial charge in [-0.2, -0.15) is 5.10 Å². The van der Waals surface area contributed by atoms with Crippen LogP contribution in [0.1, 0.15) is 60.4 Å². The number of Topliss-reactive ketones (excluding diaryl/α,β-unsaturated/α-hetero) is 1. The number of aromatic nitrogens is 2. The summed E-state index contributed by atoms with van der Waals surface area (Å²) in [5, 5.41) is 5.01. The lowest BCUT2D eigenvalue weighted by molar-refractivity contribution is 0.0312. The number of ether oxygens (including phenoxy) is 1. The zero-order chi connectivity index (χ0) is 22.4. The van der Waals surface area contributed by atoms with Crippen LogP contribution in [-0.4, -0.2) is 27.6 Å². The van der Waals surface area contributed by atoms with E-state index in [9.17, 15) is 18.8 Å². The Bertz CT molecular complexity index is 1140. The summed E-state index contributed by atoms with van der Waals surface area (Å²) in [5.74, 6) is -1.70. The Labute approximate surface area is 179 Å². The molecule has 2 aromatic carbocycles. The van der Waals surface area contributed by atoms with Crippen molar-refractivity contribution in [3.63, 3.8) is 0 Å². The van der Waals surface area contributed by atoms with E-state index in [1.165, 1.54) is 35.9 Å². The van der Waals surface area contributed by atoms with Crippen LogP contribution in [0.5, 0.6) is 0 Å². The third-order valence-electron chi connectivity index (χ3n) is 5.07. The maximum Gasteiger partial charge on any atom is 0.360 e. The zero-order valence-corrected chi connectivity index (χ0v) is 17.6. The standard InChI is InChI=1S/C24H25FN2O4/c1-3-4-5-8-15-27-23(29)20-10-7-6-9-19(20)21(26-27)24(30)31-16(2)22(28)17-11-13-18(25)14-12-17/h6-7,9-14,16H,3-5,8,15H2,1-2H3/t16-/m1/s1. The molecule has 0 N–H and O–H groups in total. The number of rotatable bonds is 9. The third-order valence-corrected chi connectivity index (χ3v) is 5.07. The second-order valence-electron chi connectivity index (χ2n) is 7.40. The molecule has 3 rings (SSSR count). The van der Waals surface area contributed by atoms with Crippen molar-refractivity contribution in [2.24, 2.45) is 0 Å². The Hall–Kier alpha value is -3.35. The smallest absolute Gasteiger partial charge is 0.360 e. The number of carbonyl (C=O) groups is 2. The Morgan fingerprint density at radius 1 is 1.03 bits per heavy atom. The van der Waals surface area contributed by atoms with Gasteiger partial charge in [-0.1, -0.05) is 44.4 Å². The largest absolute Gasteiger partial charge is 0.449 e. The first kappa shape index (κ1) is 22.3. The third kappa shape index (κ3) is 5.23. The van der Waals surface area contributed by atoms with Crippen molar-refractivity contribution in [2.75, 3.05) is 0 Å². The summed E-state index contributed by atoms with van der Waals surface area (Å²) in [7, 11) is 0. The molecule has 1 aromatic heterocycles. The summed E-state index contributed by atoms with van der Waals surface area (Å²) in [6.45, 7) is 3.95. The van der Waals surface area contributed by atoms with Crippen LogP contribution >= 0.6 is 0 Å². The summed E-state index contributed by atoms with van der Waals surface area (Å²) in [5.41, 5.74) is -0.0380. The van der Waals surface area contributed by atoms with E-state index in [4.69, 9.17) is 4.74 Å². The lowest BCUT2D eigenvalue weighted by atomic mass is 10.1. The fraction of sp³-hybridized carbons (Fsp3) is 0.333. The molecule has 0 radical (unpaired) electrons. The number of esters is 1. The van der Waals surface area contributed by atoms with Crippen molar-refractivity contribution in [3.8, 4) is 0 Å². The van der Waals surface area contributed by atoms with Crippen LogP contribution in [0.2, 0.25) is 0 Å². The molecule has 0 fully saturated rings. The highest BCUT2D eigenvalue weighted by atomic mass is 19.1. The molecule has 0 unspecified atom stereocenters. The van der Waals surface area contributed by atoms with E-state index in [0.717, 1.165) is 25.7 Å². The maximum absolute atomic E-state index is 13.1. The number of halogens is 1. The van der Waals surface area contributed by atoms with E-state index in [2.05, 4.69) is 12.0 Å². The van der Waals surface area contributed by atoms with Gasteiger partial charge >= 0.3 is 5.97 Å². The Balaban J connectivity index is 1.86. The highest BCUT2D eigenvalue weighted by Gasteiger charge is 2.24. The monoisotopic (exact) mass is 424 g/mol. The number of hydrogen-bond donors (Lipinski definition) is 0. The minimum atomic E-state index is -1.09. The minimum absolute atomic E-state index is 0.00977. The molecule has 1 atom stereocenters. The van der Waals surface area contributed by atoms with E-state index < -0.39 is 23.7 Å². The van der Waals surface area contributed by atoms with Crippen LogP contribution in [0.3, 0.4) is 0 Å². The summed E-state index contributed by atoms with van der Waals surface area (Å²) >= 11 is 0. The Morgan fingerprint density at radius 3 is 2.39 bits per heavy atom. The van der Waals surface area contributed by atoms with Crippen molar-refractivity contribution in [1.82, 2.24) is 9.78 Å². The molecule has 162 valence electrons. The second kappa shape index (κ2) is 10.1. The van der Waals surface area contributed by atoms with Crippen molar-refractivity contribution in [3.05, 3.63) is 76.0 Å². The fourth-order valence-corrected chi connectivity index (χ4v) is 3.34. The molecule has 0 saturated heterocycles. The zero-order valence-electron chi connectivity index (χ0n) is 17.6. The molecular formula is C24H25FN2O4. The quantitative estimate of drug-likeness (QED) is 0.286. The molecule has 0 bridgehead atoms. The molecule has 6 nitrogen and oxygen atoms in total. The molecule has 31 heavy (non-hydrogen) atoms. The SMILES string of the molecule is CCCCCCn1nc(C(=O)O[C@H](C)C(=O)c2ccc(F)cc2)c2ccccc2c1=O. The van der Waals surface area contributed by atoms with Gasteiger partial charge in [0.25, 0.3) is 5.56 Å². The van der Waals surface area contributed by atoms with Gasteiger partial charge < -0.3 is 4.74 Å². The number of unbranched alkanes of at least 4 members (excludes halogenated alkanes) is 3. The average molecular weight is 424 g/mol. The molecule has 0 aliphatic rings. The first-order chi connectivity index (χ1) is 14.9. The topological polar surface area (TPSA) is 78.3 Å². The molecule has 0 spiro atoms. The van der Waals surface area contributed by atoms with Gasteiger partial charge in [0.15, 0.2) is 11.8 Å². The van der Waals surface area contributed by atoms with Crippen molar-refractivity contribution >= 4 is 22.5 Å². The van der Waals surface area contributed by atoms with Crippen molar-refractivity contribution in [1.29, 1.82) is 0 Å². The second-order valence-corrected chi connectivity index (χ2v) is 7.40. The maximum atomic E-state index is 13.1. The van der Waals surface area contributed by atoms with Crippen molar-refractivity contribution in [2.45, 2.75) is 52.2 Å². The molecule has 1 heterocycles. The summed E-state index contributed by atoms with van der Waals surface area (Å²) < 4.78 is 19.8. The number of ketones is 1. The van der Waals surface area contributed by atoms with E-state index in [1.807, 2.05) is 0 Å². The molecule has 0 aliphatic carbocycles. The average Bonchev–Trinajstić information content (AvgIpc) is 2.78. The predicted molar refractivity (Wildman–Crippen MR) is 116 cm³/mol. The predicted octanol–water partition coefficient (Wildman–Crippen LogP) is 4.54. The van der Waals surface area contributed by atoms with Gasteiger partial charge in [0.05, 0.1) is 5.39 Å². The van der Waals surface area contributed by atoms with Gasteiger partial charge in [0.1, 0.15) is 5.82 Å². The van der Waals surface area contributed by atoms with Crippen LogP contribution in [-0.2, 0) is 11.3 Å². The van der Waals surface area contributed by atoms with Crippen LogP contribution in [0.4, 0.5) is 4.39 Å². The van der Waals surface area contributed by atoms with E-state index in [0.29, 0.717) is 17.3 Å². The highest BCUT2D eigenvalue weighted by Crippen LogP contribution is 2.17. The number of benzene rings is 2. The lowest BCUT2D eigenvalue weighted by Gasteiger charge is -2.14. The first-order valence-corrected chi connectivity index (χ1v) is 10.4. The Morgan fingerprint density at radius 2 is 1.71 bits per heavy atom. The molecule has 0 amide bonds. The highest BCUT2D eigenvalue weighted by molar-refractivity contribution is 6.05. The normalized spacial score (nSPS) is 12.0. The van der Waals surface area contributed by atoms with E-state index in [1.54, 1.807) is 24.3 Å². The molecule has 3 aromatic rings. The van der Waals surface area contributed by atoms with Gasteiger partial charge in [-0.05, 0) is 43.7 Å². The summed E-state index contributed by atoms with van der Waals surface area (Å²) in [4.78, 5) is 38.2. The van der Waals surface area contributed by atoms with E-state index in [-0.39, 0.29) is 16.8 Å². The van der Waals surface area contributed by atoms with Crippen LogP contribution in [0.15, 0.2) is 53.3 Å². The molecule has 7 heteroatoms. The van der Waals surface area contributed by atoms with E-state index >= 15 is 0 Å². The van der Waals surface area contributed by atoms with Gasteiger partial charge in [0, 0.05) is 17.5 Å². The molecule has 0 saturated carbocycles. The van der Waals surface area contributed by atoms with Gasteiger partial charge in [-0.3, -0.25) is 9.59 Å². The summed E-state index contributed by atoms with van der Waals surface area (Å²) in [6, 6.07) is 11.7. The minimum Gasteiger partial charge on any atom is -0.449 e. The van der Waals surface area contributed by atoms with Gasteiger partial charge in [-0.15, -0.1) is 0 Å². The first-order valence-electron chi connectivity index (χ1n) is 10.4. The fourth-order valence-electron chi connectivity index (χ4n) is 3.34. The molecule has 0 aliphatic heterocycles. The van der Waals surface area contributed by atoms with Gasteiger partial charge in [-0.25, -0.2) is 13.9 Å². The van der Waals surface area contributed by atoms with Crippen LogP contribution < -0.4 is 5.56 Å². The lowest BCUT2D eigenvalue weighted by Crippen LogP contribution is -2.29. The van der Waals surface area contributed by atoms with Crippen LogP contribution in [0.25, 0.3) is 10.8 Å².